The van der Waals surface area contributed by atoms with E-state index in [2.05, 4.69) is 149 Å². The van der Waals surface area contributed by atoms with Crippen molar-refractivity contribution in [3.05, 3.63) is 149 Å². The van der Waals surface area contributed by atoms with Gasteiger partial charge in [0.1, 0.15) is 0 Å². The number of hydrogen-bond acceptors (Lipinski definition) is 0. The zero-order chi connectivity index (χ0) is 34.8. The van der Waals surface area contributed by atoms with E-state index >= 15 is 0 Å². The molecular formula is C45H50Cl4Zr. The molecule has 0 bridgehead atoms. The van der Waals surface area contributed by atoms with Crippen molar-refractivity contribution in [3.8, 4) is 11.1 Å². The molecule has 0 nitrogen and oxygen atoms in total. The summed E-state index contributed by atoms with van der Waals surface area (Å²) in [6, 6.07) is 31.6. The predicted molar refractivity (Wildman–Crippen MR) is 209 cm³/mol. The molecular weight excluding hydrogens is 774 g/mol. The van der Waals surface area contributed by atoms with E-state index in [1.807, 2.05) is 24.3 Å². The van der Waals surface area contributed by atoms with E-state index in [-0.39, 0.29) is 44.7 Å². The largest absolute Gasteiger partial charge is 1.00 e. The maximum absolute atomic E-state index is 6.48. The van der Waals surface area contributed by atoms with Gasteiger partial charge in [-0.25, -0.2) is 0 Å². The van der Waals surface area contributed by atoms with Crippen LogP contribution in [0.5, 0.6) is 0 Å². The number of fused-ring (bicyclic) bond motifs is 3. The first-order chi connectivity index (χ1) is 22.4. The normalized spacial score (nSPS) is 16.5. The van der Waals surface area contributed by atoms with Gasteiger partial charge in [0.05, 0.1) is 0 Å². The van der Waals surface area contributed by atoms with Crippen LogP contribution in [0.3, 0.4) is 0 Å². The zero-order valence-corrected chi connectivity index (χ0v) is 36.5. The quantitative estimate of drug-likeness (QED) is 0.208. The van der Waals surface area contributed by atoms with E-state index < -0.39 is 19.3 Å². The topological polar surface area (TPSA) is 0 Å². The molecule has 5 heteroatoms. The van der Waals surface area contributed by atoms with Crippen molar-refractivity contribution in [1.82, 2.24) is 0 Å². The minimum Gasteiger partial charge on any atom is -1.00 e. The molecule has 50 heavy (non-hydrogen) atoms. The van der Waals surface area contributed by atoms with Crippen LogP contribution in [-0.4, -0.2) is 7.42 Å². The Balaban J connectivity index is 0.00000281. The second-order valence-corrected chi connectivity index (χ2v) is 26.8. The summed E-state index contributed by atoms with van der Waals surface area (Å²) in [5.74, 6) is 0.328. The van der Waals surface area contributed by atoms with Crippen LogP contribution < -0.4 is 24.8 Å². The minimum atomic E-state index is -3.97. The molecule has 6 rings (SSSR count). The summed E-state index contributed by atoms with van der Waals surface area (Å²) in [5, 5.41) is 1.53. The summed E-state index contributed by atoms with van der Waals surface area (Å²) in [5.41, 5.74) is 12.6. The maximum atomic E-state index is 6.48. The molecule has 2 aliphatic carbocycles. The molecule has 2 unspecified atom stereocenters. The Morgan fingerprint density at radius 3 is 1.62 bits per heavy atom. The number of halogens is 4. The summed E-state index contributed by atoms with van der Waals surface area (Å²) in [6.45, 7) is 23.5. The van der Waals surface area contributed by atoms with Crippen LogP contribution in [0.15, 0.2) is 106 Å². The third-order valence-corrected chi connectivity index (χ3v) is 22.6. The molecule has 0 radical (unpaired) electrons. The molecule has 0 saturated carbocycles. The van der Waals surface area contributed by atoms with Gasteiger partial charge < -0.3 is 24.8 Å². The van der Waals surface area contributed by atoms with Crippen molar-refractivity contribution < 1.29 is 44.1 Å². The van der Waals surface area contributed by atoms with Crippen molar-refractivity contribution in [3.63, 3.8) is 0 Å². The van der Waals surface area contributed by atoms with Gasteiger partial charge in [-0.1, -0.05) is 0 Å². The van der Waals surface area contributed by atoms with Gasteiger partial charge in [-0.3, -0.25) is 0 Å². The van der Waals surface area contributed by atoms with Crippen LogP contribution in [0.1, 0.15) is 106 Å². The summed E-state index contributed by atoms with van der Waals surface area (Å²) in [6.07, 6.45) is 5.14. The first-order valence-corrected chi connectivity index (χ1v) is 23.6. The molecule has 0 spiro atoms. The Morgan fingerprint density at radius 1 is 0.620 bits per heavy atom. The van der Waals surface area contributed by atoms with E-state index in [4.69, 9.17) is 23.2 Å². The van der Waals surface area contributed by atoms with Crippen molar-refractivity contribution in [2.75, 3.05) is 0 Å². The molecule has 2 aliphatic rings. The fraction of sp³-hybridized carbons (Fsp3) is 0.333. The monoisotopic (exact) mass is 820 g/mol. The van der Waals surface area contributed by atoms with Crippen molar-refractivity contribution >= 4 is 30.6 Å². The average Bonchev–Trinajstić information content (AvgIpc) is 3.57. The number of benzene rings is 4. The third-order valence-electron chi connectivity index (χ3n) is 10.3. The molecule has 0 heterocycles. The van der Waals surface area contributed by atoms with E-state index in [1.54, 1.807) is 3.28 Å². The van der Waals surface area contributed by atoms with Crippen LogP contribution in [-0.2, 0) is 30.1 Å². The first kappa shape index (κ1) is 40.9. The summed E-state index contributed by atoms with van der Waals surface area (Å²) >= 11 is 8.99. The van der Waals surface area contributed by atoms with Crippen LogP contribution in [0.2, 0.25) is 10.0 Å². The molecule has 0 amide bonds. The summed E-state index contributed by atoms with van der Waals surface area (Å²) in [7, 11) is 0. The number of allylic oxidation sites excluding steroid dienone is 4. The Morgan fingerprint density at radius 2 is 1.16 bits per heavy atom. The molecule has 0 N–H and O–H groups in total. The van der Waals surface area contributed by atoms with Gasteiger partial charge in [0.25, 0.3) is 0 Å². The van der Waals surface area contributed by atoms with Crippen molar-refractivity contribution in [2.45, 2.75) is 83.7 Å². The standard InChI is InChI=1S/C21H25.C10H15.2C7H5Cl.2ClH.Zr/c1-20(2,3)16-11-10-14-12-15-8-7-9-18(21(4,5)6)19(15)17(14)13-16;1-8-5-6-9(7-8)10(2,3)4;2*1-6-2-4-7(8)5-3-6;;;/h7-13H,1-6H3;6-8H,1-4H3;2*1-5H;2*1H;/q;;;;;;+2/p-2. The molecule has 0 aliphatic heterocycles. The van der Waals surface area contributed by atoms with E-state index in [0.717, 1.165) is 10.0 Å². The van der Waals surface area contributed by atoms with Gasteiger partial charge >= 0.3 is 305 Å². The molecule has 262 valence electrons. The van der Waals surface area contributed by atoms with Crippen LogP contribution in [0.4, 0.5) is 0 Å². The van der Waals surface area contributed by atoms with E-state index in [1.165, 1.54) is 50.1 Å². The van der Waals surface area contributed by atoms with Gasteiger partial charge in [-0.15, -0.1) is 0 Å². The van der Waals surface area contributed by atoms with E-state index in [0.29, 0.717) is 5.92 Å². The van der Waals surface area contributed by atoms with Crippen LogP contribution in [0.25, 0.3) is 11.1 Å². The van der Waals surface area contributed by atoms with Gasteiger partial charge in [0, 0.05) is 0 Å². The molecule has 4 aromatic carbocycles. The second-order valence-electron chi connectivity index (χ2n) is 17.1. The Labute approximate surface area is 327 Å². The number of hydrogen-bond donors (Lipinski definition) is 0. The first-order valence-electron chi connectivity index (χ1n) is 17.3. The molecule has 4 aromatic rings. The summed E-state index contributed by atoms with van der Waals surface area (Å²) < 4.78 is 7.32. The van der Waals surface area contributed by atoms with Gasteiger partial charge in [-0.2, -0.15) is 0 Å². The fourth-order valence-corrected chi connectivity index (χ4v) is 21.3. The minimum absolute atomic E-state index is 0. The molecule has 2 atom stereocenters. The summed E-state index contributed by atoms with van der Waals surface area (Å²) in [4.78, 5) is 0. The van der Waals surface area contributed by atoms with Gasteiger partial charge in [-0.05, 0) is 0 Å². The maximum Gasteiger partial charge on any atom is -1.00 e. The smallest absolute Gasteiger partial charge is 1.00 e. The van der Waals surface area contributed by atoms with Crippen molar-refractivity contribution in [1.29, 1.82) is 0 Å². The van der Waals surface area contributed by atoms with Gasteiger partial charge in [0.15, 0.2) is 0 Å². The van der Waals surface area contributed by atoms with Gasteiger partial charge in [0.2, 0.25) is 0 Å². The van der Waals surface area contributed by atoms with E-state index in [9.17, 15) is 0 Å². The molecule has 0 aromatic heterocycles. The Kier molecular flexibility index (Phi) is 12.2. The molecule has 0 saturated heterocycles. The second kappa shape index (κ2) is 14.9. The van der Waals surface area contributed by atoms with Crippen LogP contribution >= 0.6 is 23.2 Å². The zero-order valence-electron chi connectivity index (χ0n) is 31.1. The fourth-order valence-electron chi connectivity index (χ4n) is 7.81. The van der Waals surface area contributed by atoms with Crippen molar-refractivity contribution in [2.24, 2.45) is 11.3 Å². The average molecular weight is 824 g/mol. The predicted octanol–water partition coefficient (Wildman–Crippen LogP) is 7.03. The SMILES string of the molecule is CC1C=C(C(C)(C)C)C=[C]1[Zr+2](=[CH]c1ccc(Cl)cc1)(=[CH]c1ccc(Cl)cc1)[CH]1c2ccc(C(C)(C)C)cc2-c2c1cccc2C(C)(C)C.[Cl-].[Cl-]. The Hall–Kier alpha value is -1.86. The third kappa shape index (κ3) is 7.89. The van der Waals surface area contributed by atoms with Crippen LogP contribution in [0, 0.1) is 11.3 Å². The molecule has 0 fully saturated rings. The number of rotatable bonds is 4. The Bertz CT molecular complexity index is 2010.